The lowest BCUT2D eigenvalue weighted by Gasteiger charge is -2.45. The molecule has 1 aliphatic rings. The second-order valence-electron chi connectivity index (χ2n) is 6.87. The van der Waals surface area contributed by atoms with Crippen LogP contribution in [0, 0.1) is 5.41 Å². The molecule has 2 atom stereocenters. The van der Waals surface area contributed by atoms with Crippen molar-refractivity contribution in [2.75, 3.05) is 20.1 Å². The van der Waals surface area contributed by atoms with Gasteiger partial charge in [-0.2, -0.15) is 0 Å². The van der Waals surface area contributed by atoms with E-state index in [2.05, 4.69) is 45.0 Å². The third kappa shape index (κ3) is 4.89. The summed E-state index contributed by atoms with van der Waals surface area (Å²) in [5, 5.41) is 3.77. The van der Waals surface area contributed by atoms with E-state index in [1.54, 1.807) is 0 Å². The first-order chi connectivity index (χ1) is 8.50. The third-order valence-electron chi connectivity index (χ3n) is 4.45. The first-order valence-electron chi connectivity index (χ1n) is 7.94. The summed E-state index contributed by atoms with van der Waals surface area (Å²) in [5.41, 5.74) is 0.523. The fourth-order valence-corrected chi connectivity index (χ4v) is 3.15. The quantitative estimate of drug-likeness (QED) is 0.746. The molecule has 0 heterocycles. The summed E-state index contributed by atoms with van der Waals surface area (Å²) in [6, 6.07) is 1.44. The van der Waals surface area contributed by atoms with Gasteiger partial charge in [-0.3, -0.25) is 0 Å². The summed E-state index contributed by atoms with van der Waals surface area (Å²) in [7, 11) is 2.32. The van der Waals surface area contributed by atoms with Crippen molar-refractivity contribution in [3.8, 4) is 0 Å². The van der Waals surface area contributed by atoms with E-state index in [9.17, 15) is 0 Å². The van der Waals surface area contributed by atoms with Crippen LogP contribution in [0.3, 0.4) is 0 Å². The van der Waals surface area contributed by atoms with Crippen LogP contribution in [0.5, 0.6) is 0 Å². The Bertz CT molecular complexity index is 225. The fourth-order valence-electron chi connectivity index (χ4n) is 3.15. The van der Waals surface area contributed by atoms with Crippen LogP contribution in [-0.2, 0) is 0 Å². The first-order valence-corrected chi connectivity index (χ1v) is 7.94. The van der Waals surface area contributed by atoms with E-state index in [1.165, 1.54) is 51.6 Å². The Morgan fingerprint density at radius 3 is 2.56 bits per heavy atom. The molecule has 2 unspecified atom stereocenters. The van der Waals surface area contributed by atoms with Gasteiger partial charge >= 0.3 is 0 Å². The minimum Gasteiger partial charge on any atom is -0.312 e. The number of likely N-dealkylation sites (N-methyl/N-ethyl adjacent to an activating group) is 1. The van der Waals surface area contributed by atoms with Gasteiger partial charge < -0.3 is 10.2 Å². The van der Waals surface area contributed by atoms with E-state index < -0.39 is 0 Å². The molecule has 1 saturated carbocycles. The standard InChI is InChI=1S/C16H34N2/c1-6-8-12-18(5)15-13-16(3,4)10-9-14(15)17-11-7-2/h14-15,17H,6-13H2,1-5H3. The zero-order chi connectivity index (χ0) is 13.6. The molecule has 1 aliphatic carbocycles. The van der Waals surface area contributed by atoms with Crippen LogP contribution in [0.25, 0.3) is 0 Å². The van der Waals surface area contributed by atoms with Crippen LogP contribution in [0.1, 0.15) is 66.2 Å². The maximum Gasteiger partial charge on any atom is 0.0251 e. The summed E-state index contributed by atoms with van der Waals surface area (Å²) in [6.45, 7) is 11.8. The molecule has 0 spiro atoms. The van der Waals surface area contributed by atoms with Crippen molar-refractivity contribution in [1.82, 2.24) is 10.2 Å². The Morgan fingerprint density at radius 2 is 1.94 bits per heavy atom. The lowest BCUT2D eigenvalue weighted by molar-refractivity contribution is 0.0811. The van der Waals surface area contributed by atoms with Gasteiger partial charge in [0.1, 0.15) is 0 Å². The minimum absolute atomic E-state index is 0.523. The Morgan fingerprint density at radius 1 is 1.22 bits per heavy atom. The van der Waals surface area contributed by atoms with Gasteiger partial charge in [-0.05, 0) is 57.7 Å². The molecule has 0 amide bonds. The van der Waals surface area contributed by atoms with Gasteiger partial charge in [0.15, 0.2) is 0 Å². The SMILES string of the molecule is CCCCN(C)C1CC(C)(C)CCC1NCCC. The largest absolute Gasteiger partial charge is 0.312 e. The van der Waals surface area contributed by atoms with Crippen LogP contribution in [0.2, 0.25) is 0 Å². The number of rotatable bonds is 7. The molecule has 2 heteroatoms. The zero-order valence-corrected chi connectivity index (χ0v) is 13.3. The van der Waals surface area contributed by atoms with Crippen molar-refractivity contribution < 1.29 is 0 Å². The average Bonchev–Trinajstić information content (AvgIpc) is 2.33. The minimum atomic E-state index is 0.523. The van der Waals surface area contributed by atoms with E-state index in [-0.39, 0.29) is 0 Å². The number of nitrogens with zero attached hydrogens (tertiary/aromatic N) is 1. The average molecular weight is 254 g/mol. The van der Waals surface area contributed by atoms with Crippen molar-refractivity contribution in [2.24, 2.45) is 5.41 Å². The molecule has 1 rings (SSSR count). The van der Waals surface area contributed by atoms with Crippen molar-refractivity contribution in [3.05, 3.63) is 0 Å². The topological polar surface area (TPSA) is 15.3 Å². The molecule has 0 aromatic carbocycles. The molecule has 0 bridgehead atoms. The van der Waals surface area contributed by atoms with Gasteiger partial charge in [-0.25, -0.2) is 0 Å². The summed E-state index contributed by atoms with van der Waals surface area (Å²) < 4.78 is 0. The summed E-state index contributed by atoms with van der Waals surface area (Å²) in [4.78, 5) is 2.61. The molecule has 0 aromatic heterocycles. The molecular formula is C16H34N2. The third-order valence-corrected chi connectivity index (χ3v) is 4.45. The van der Waals surface area contributed by atoms with Gasteiger partial charge in [0.2, 0.25) is 0 Å². The van der Waals surface area contributed by atoms with E-state index in [4.69, 9.17) is 0 Å². The Labute approximate surface area is 115 Å². The highest BCUT2D eigenvalue weighted by Crippen LogP contribution is 2.37. The monoisotopic (exact) mass is 254 g/mol. The molecule has 1 N–H and O–H groups in total. The van der Waals surface area contributed by atoms with Gasteiger partial charge in [-0.1, -0.05) is 34.1 Å². The smallest absolute Gasteiger partial charge is 0.0251 e. The van der Waals surface area contributed by atoms with Crippen molar-refractivity contribution in [2.45, 2.75) is 78.3 Å². The molecule has 2 nitrogen and oxygen atoms in total. The molecule has 0 radical (unpaired) electrons. The molecule has 0 aromatic rings. The maximum absolute atomic E-state index is 3.77. The molecule has 1 fully saturated rings. The van der Waals surface area contributed by atoms with E-state index in [0.717, 1.165) is 6.04 Å². The Hall–Kier alpha value is -0.0800. The predicted molar refractivity (Wildman–Crippen MR) is 81.0 cm³/mol. The molecular weight excluding hydrogens is 220 g/mol. The summed E-state index contributed by atoms with van der Waals surface area (Å²) >= 11 is 0. The highest BCUT2D eigenvalue weighted by molar-refractivity contribution is 4.93. The van der Waals surface area contributed by atoms with Crippen LogP contribution < -0.4 is 5.32 Å². The van der Waals surface area contributed by atoms with E-state index in [1.807, 2.05) is 0 Å². The van der Waals surface area contributed by atoms with Crippen LogP contribution in [0.15, 0.2) is 0 Å². The van der Waals surface area contributed by atoms with Crippen molar-refractivity contribution in [3.63, 3.8) is 0 Å². The van der Waals surface area contributed by atoms with Crippen LogP contribution >= 0.6 is 0 Å². The van der Waals surface area contributed by atoms with Crippen molar-refractivity contribution >= 4 is 0 Å². The second-order valence-corrected chi connectivity index (χ2v) is 6.87. The lowest BCUT2D eigenvalue weighted by Crippen LogP contribution is -2.53. The van der Waals surface area contributed by atoms with Gasteiger partial charge in [0.25, 0.3) is 0 Å². The fraction of sp³-hybridized carbons (Fsp3) is 1.00. The van der Waals surface area contributed by atoms with Gasteiger partial charge in [0.05, 0.1) is 0 Å². The molecule has 0 saturated heterocycles. The normalized spacial score (nSPS) is 27.7. The number of nitrogens with one attached hydrogen (secondary N) is 1. The second kappa shape index (κ2) is 7.49. The summed E-state index contributed by atoms with van der Waals surface area (Å²) in [6.07, 6.45) is 7.92. The zero-order valence-electron chi connectivity index (χ0n) is 13.3. The van der Waals surface area contributed by atoms with Crippen LogP contribution in [0.4, 0.5) is 0 Å². The van der Waals surface area contributed by atoms with E-state index in [0.29, 0.717) is 11.5 Å². The molecule has 108 valence electrons. The predicted octanol–water partition coefficient (Wildman–Crippen LogP) is 3.67. The Balaban J connectivity index is 2.58. The molecule has 0 aliphatic heterocycles. The van der Waals surface area contributed by atoms with Crippen LogP contribution in [-0.4, -0.2) is 37.1 Å². The number of unbranched alkanes of at least 4 members (excludes halogenated alkanes) is 1. The first kappa shape index (κ1) is 16.0. The summed E-state index contributed by atoms with van der Waals surface area (Å²) in [5.74, 6) is 0. The Kier molecular flexibility index (Phi) is 6.65. The highest BCUT2D eigenvalue weighted by atomic mass is 15.2. The molecule has 18 heavy (non-hydrogen) atoms. The van der Waals surface area contributed by atoms with E-state index >= 15 is 0 Å². The maximum atomic E-state index is 3.77. The van der Waals surface area contributed by atoms with Crippen molar-refractivity contribution in [1.29, 1.82) is 0 Å². The lowest BCUT2D eigenvalue weighted by atomic mass is 9.72. The van der Waals surface area contributed by atoms with Gasteiger partial charge in [-0.15, -0.1) is 0 Å². The number of hydrogen-bond acceptors (Lipinski definition) is 2. The highest BCUT2D eigenvalue weighted by Gasteiger charge is 2.36. The van der Waals surface area contributed by atoms with Gasteiger partial charge in [0, 0.05) is 12.1 Å². The number of hydrogen-bond donors (Lipinski definition) is 1.